The second-order valence-electron chi connectivity index (χ2n) is 4.73. The highest BCUT2D eigenvalue weighted by Crippen LogP contribution is 2.18. The molecule has 0 saturated carbocycles. The minimum Gasteiger partial charge on any atom is -0.365 e. The lowest BCUT2D eigenvalue weighted by molar-refractivity contribution is 0.601. The van der Waals surface area contributed by atoms with Gasteiger partial charge >= 0.3 is 0 Å². The van der Waals surface area contributed by atoms with Crippen LogP contribution in [0.5, 0.6) is 0 Å². The van der Waals surface area contributed by atoms with Crippen LogP contribution in [-0.4, -0.2) is 35.3 Å². The number of imidazole rings is 1. The molecule has 2 aromatic rings. The summed E-state index contributed by atoms with van der Waals surface area (Å²) in [7, 11) is -3.18. The number of rotatable bonds is 3. The standard InChI is InChI=1S/C12H14N4O2S/c1-19(17,18)11-2-3-12(14-6-11)15-9-4-10-5-13-8-16(10)7-9/h2-3,5-6,8-9H,4,7H2,1H3,(H,14,15). The lowest BCUT2D eigenvalue weighted by atomic mass is 10.2. The summed E-state index contributed by atoms with van der Waals surface area (Å²) in [6, 6.07) is 3.54. The normalized spacial score (nSPS) is 18.3. The van der Waals surface area contributed by atoms with Gasteiger partial charge in [0.1, 0.15) is 5.82 Å². The van der Waals surface area contributed by atoms with Gasteiger partial charge in [0.2, 0.25) is 0 Å². The predicted molar refractivity (Wildman–Crippen MR) is 70.7 cm³/mol. The van der Waals surface area contributed by atoms with Gasteiger partial charge in [0.25, 0.3) is 0 Å². The molecule has 1 atom stereocenters. The molecule has 100 valence electrons. The fourth-order valence-electron chi connectivity index (χ4n) is 2.23. The van der Waals surface area contributed by atoms with Crippen molar-refractivity contribution in [2.75, 3.05) is 11.6 Å². The van der Waals surface area contributed by atoms with Crippen LogP contribution in [0.1, 0.15) is 5.69 Å². The number of nitrogens with one attached hydrogen (secondary N) is 1. The molecule has 0 fully saturated rings. The van der Waals surface area contributed by atoms with Crippen molar-refractivity contribution >= 4 is 15.7 Å². The number of anilines is 1. The zero-order valence-electron chi connectivity index (χ0n) is 10.4. The maximum absolute atomic E-state index is 11.3. The van der Waals surface area contributed by atoms with Gasteiger partial charge in [-0.25, -0.2) is 18.4 Å². The maximum atomic E-state index is 11.3. The van der Waals surface area contributed by atoms with Crippen molar-refractivity contribution in [3.05, 3.63) is 36.5 Å². The lowest BCUT2D eigenvalue weighted by Gasteiger charge is -2.12. The van der Waals surface area contributed by atoms with Crippen molar-refractivity contribution in [2.24, 2.45) is 0 Å². The molecule has 0 amide bonds. The Morgan fingerprint density at radius 3 is 2.84 bits per heavy atom. The van der Waals surface area contributed by atoms with Crippen LogP contribution >= 0.6 is 0 Å². The van der Waals surface area contributed by atoms with Gasteiger partial charge in [0.05, 0.1) is 17.3 Å². The summed E-state index contributed by atoms with van der Waals surface area (Å²) in [5.41, 5.74) is 1.20. The molecule has 0 radical (unpaired) electrons. The Labute approximate surface area is 111 Å². The smallest absolute Gasteiger partial charge is 0.177 e. The van der Waals surface area contributed by atoms with Gasteiger partial charge in [-0.05, 0) is 12.1 Å². The maximum Gasteiger partial charge on any atom is 0.177 e. The summed E-state index contributed by atoms with van der Waals surface area (Å²) in [6.07, 6.45) is 7.14. The minimum atomic E-state index is -3.18. The minimum absolute atomic E-state index is 0.236. The van der Waals surface area contributed by atoms with Gasteiger partial charge in [-0.2, -0.15) is 0 Å². The van der Waals surface area contributed by atoms with Gasteiger partial charge < -0.3 is 9.88 Å². The van der Waals surface area contributed by atoms with E-state index >= 15 is 0 Å². The number of pyridine rings is 1. The predicted octanol–water partition coefficient (Wildman–Crippen LogP) is 0.718. The molecule has 3 heterocycles. The van der Waals surface area contributed by atoms with E-state index in [1.165, 1.54) is 18.1 Å². The molecule has 7 heteroatoms. The monoisotopic (exact) mass is 278 g/mol. The van der Waals surface area contributed by atoms with Gasteiger partial charge in [-0.15, -0.1) is 0 Å². The lowest BCUT2D eigenvalue weighted by Crippen LogP contribution is -2.21. The van der Waals surface area contributed by atoms with Gasteiger partial charge in [-0.1, -0.05) is 0 Å². The van der Waals surface area contributed by atoms with E-state index in [1.54, 1.807) is 12.1 Å². The highest BCUT2D eigenvalue weighted by molar-refractivity contribution is 7.90. The van der Waals surface area contributed by atoms with Crippen LogP contribution in [0.15, 0.2) is 35.7 Å². The van der Waals surface area contributed by atoms with E-state index in [9.17, 15) is 8.42 Å². The highest BCUT2D eigenvalue weighted by atomic mass is 32.2. The third-order valence-electron chi connectivity index (χ3n) is 3.19. The van der Waals surface area contributed by atoms with E-state index in [4.69, 9.17) is 0 Å². The number of hydrogen-bond donors (Lipinski definition) is 1. The second-order valence-corrected chi connectivity index (χ2v) is 6.75. The fraction of sp³-hybridized carbons (Fsp3) is 0.333. The van der Waals surface area contributed by atoms with Crippen LogP contribution in [0.3, 0.4) is 0 Å². The zero-order valence-corrected chi connectivity index (χ0v) is 11.3. The summed E-state index contributed by atoms with van der Waals surface area (Å²) in [6.45, 7) is 0.852. The molecule has 1 N–H and O–H groups in total. The molecule has 1 aliphatic rings. The van der Waals surface area contributed by atoms with Crippen LogP contribution in [-0.2, 0) is 22.8 Å². The third-order valence-corrected chi connectivity index (χ3v) is 4.29. The Morgan fingerprint density at radius 2 is 2.21 bits per heavy atom. The van der Waals surface area contributed by atoms with Crippen molar-refractivity contribution in [1.82, 2.24) is 14.5 Å². The Balaban J connectivity index is 1.70. The first-order valence-electron chi connectivity index (χ1n) is 5.94. The Morgan fingerprint density at radius 1 is 1.37 bits per heavy atom. The fourth-order valence-corrected chi connectivity index (χ4v) is 2.79. The summed E-state index contributed by atoms with van der Waals surface area (Å²) in [5, 5.41) is 3.30. The molecule has 0 aromatic carbocycles. The van der Waals surface area contributed by atoms with E-state index in [0.717, 1.165) is 13.0 Å². The van der Waals surface area contributed by atoms with E-state index < -0.39 is 9.84 Å². The van der Waals surface area contributed by atoms with E-state index in [1.807, 2.05) is 12.5 Å². The zero-order chi connectivity index (χ0) is 13.5. The summed E-state index contributed by atoms with van der Waals surface area (Å²) in [4.78, 5) is 8.45. The topological polar surface area (TPSA) is 76.9 Å². The van der Waals surface area contributed by atoms with Crippen LogP contribution in [0.25, 0.3) is 0 Å². The van der Waals surface area contributed by atoms with Crippen molar-refractivity contribution in [3.8, 4) is 0 Å². The SMILES string of the molecule is CS(=O)(=O)c1ccc(NC2Cc3cncn3C2)nc1. The van der Waals surface area contributed by atoms with Crippen LogP contribution < -0.4 is 5.32 Å². The molecule has 6 nitrogen and oxygen atoms in total. The molecular weight excluding hydrogens is 264 g/mol. The average Bonchev–Trinajstić information content (AvgIpc) is 2.89. The van der Waals surface area contributed by atoms with Crippen LogP contribution in [0.2, 0.25) is 0 Å². The average molecular weight is 278 g/mol. The quantitative estimate of drug-likeness (QED) is 0.895. The number of aromatic nitrogens is 3. The van der Waals surface area contributed by atoms with E-state index in [-0.39, 0.29) is 10.9 Å². The molecule has 2 aromatic heterocycles. The van der Waals surface area contributed by atoms with Crippen molar-refractivity contribution in [1.29, 1.82) is 0 Å². The Kier molecular flexibility index (Phi) is 2.78. The first kappa shape index (κ1) is 12.2. The van der Waals surface area contributed by atoms with Crippen LogP contribution in [0.4, 0.5) is 5.82 Å². The largest absolute Gasteiger partial charge is 0.365 e. The molecule has 0 spiro atoms. The highest BCUT2D eigenvalue weighted by Gasteiger charge is 2.21. The number of nitrogens with zero attached hydrogens (tertiary/aromatic N) is 3. The molecule has 1 unspecified atom stereocenters. The molecule has 19 heavy (non-hydrogen) atoms. The van der Waals surface area contributed by atoms with Crippen molar-refractivity contribution in [2.45, 2.75) is 23.9 Å². The Bertz CT molecular complexity index is 670. The Hall–Kier alpha value is -1.89. The molecule has 0 aliphatic carbocycles. The summed E-state index contributed by atoms with van der Waals surface area (Å²) >= 11 is 0. The third kappa shape index (κ3) is 2.46. The van der Waals surface area contributed by atoms with Crippen molar-refractivity contribution in [3.63, 3.8) is 0 Å². The van der Waals surface area contributed by atoms with E-state index in [0.29, 0.717) is 5.82 Å². The molecule has 0 bridgehead atoms. The number of hydrogen-bond acceptors (Lipinski definition) is 5. The molecule has 1 aliphatic heterocycles. The van der Waals surface area contributed by atoms with Gasteiger partial charge in [0.15, 0.2) is 9.84 Å². The van der Waals surface area contributed by atoms with E-state index in [2.05, 4.69) is 19.9 Å². The second kappa shape index (κ2) is 4.34. The molecule has 3 rings (SSSR count). The summed E-state index contributed by atoms with van der Waals surface area (Å²) in [5.74, 6) is 0.691. The summed E-state index contributed by atoms with van der Waals surface area (Å²) < 4.78 is 24.8. The first-order chi connectivity index (χ1) is 9.02. The van der Waals surface area contributed by atoms with Gasteiger partial charge in [-0.3, -0.25) is 0 Å². The molecule has 0 saturated heterocycles. The molecular formula is C12H14N4O2S. The van der Waals surface area contributed by atoms with Crippen LogP contribution in [0, 0.1) is 0 Å². The van der Waals surface area contributed by atoms with Crippen molar-refractivity contribution < 1.29 is 8.42 Å². The van der Waals surface area contributed by atoms with Gasteiger partial charge in [0, 0.05) is 37.3 Å². The first-order valence-corrected chi connectivity index (χ1v) is 7.83. The number of fused-ring (bicyclic) bond motifs is 1. The number of sulfone groups is 1.